The molecular weight excluding hydrogens is 424 g/mol. The minimum absolute atomic E-state index is 0.0180. The van der Waals surface area contributed by atoms with E-state index in [0.717, 1.165) is 54.1 Å². The monoisotopic (exact) mass is 454 g/mol. The van der Waals surface area contributed by atoms with Crippen LogP contribution in [0, 0.1) is 0 Å². The smallest absolute Gasteiger partial charge is 0.352 e. The van der Waals surface area contributed by atoms with Gasteiger partial charge in [-0.05, 0) is 53.8 Å². The fraction of sp³-hybridized carbons (Fsp3) is 0.286. The molecule has 2 amide bonds. The lowest BCUT2D eigenvalue weighted by Crippen LogP contribution is -2.49. The quantitative estimate of drug-likeness (QED) is 0.558. The summed E-state index contributed by atoms with van der Waals surface area (Å²) in [5.74, 6) is 0.826. The van der Waals surface area contributed by atoms with E-state index in [1.54, 1.807) is 5.01 Å². The van der Waals surface area contributed by atoms with E-state index in [-0.39, 0.29) is 11.9 Å². The highest BCUT2D eigenvalue weighted by Crippen LogP contribution is 2.29. The average Bonchev–Trinajstić information content (AvgIpc) is 3.35. The van der Waals surface area contributed by atoms with Gasteiger partial charge in [-0.1, -0.05) is 67.1 Å². The van der Waals surface area contributed by atoms with E-state index < -0.39 is 0 Å². The molecule has 2 heterocycles. The van der Waals surface area contributed by atoms with Crippen LogP contribution >= 0.6 is 0 Å². The van der Waals surface area contributed by atoms with E-state index in [0.29, 0.717) is 13.2 Å². The molecule has 6 nitrogen and oxygen atoms in total. The van der Waals surface area contributed by atoms with Crippen molar-refractivity contribution >= 4 is 11.7 Å². The fourth-order valence-electron chi connectivity index (χ4n) is 4.50. The number of hydrogen-bond donors (Lipinski definition) is 1. The van der Waals surface area contributed by atoms with Crippen molar-refractivity contribution < 1.29 is 9.53 Å². The van der Waals surface area contributed by atoms with Gasteiger partial charge < -0.3 is 4.74 Å². The van der Waals surface area contributed by atoms with Crippen LogP contribution in [0.4, 0.5) is 4.79 Å². The highest BCUT2D eigenvalue weighted by molar-refractivity contribution is 6.07. The molecule has 34 heavy (non-hydrogen) atoms. The number of ether oxygens (including phenoxy) is 1. The average molecular weight is 455 g/mol. The van der Waals surface area contributed by atoms with Crippen LogP contribution in [0.1, 0.15) is 41.9 Å². The Hall–Kier alpha value is -3.64. The molecular formula is C28H30N4O2. The zero-order valence-corrected chi connectivity index (χ0v) is 19.3. The van der Waals surface area contributed by atoms with Crippen molar-refractivity contribution in [3.63, 3.8) is 0 Å². The second kappa shape index (κ2) is 10.5. The second-order valence-electron chi connectivity index (χ2n) is 8.79. The van der Waals surface area contributed by atoms with Crippen molar-refractivity contribution in [3.05, 3.63) is 102 Å². The Balaban J connectivity index is 1.32. The number of nitrogens with one attached hydrogen (secondary N) is 1. The Bertz CT molecular complexity index is 1110. The molecule has 0 aliphatic carbocycles. The van der Waals surface area contributed by atoms with Crippen molar-refractivity contribution in [1.82, 2.24) is 15.4 Å². The molecule has 1 atom stereocenters. The van der Waals surface area contributed by atoms with E-state index in [2.05, 4.69) is 29.7 Å². The summed E-state index contributed by atoms with van der Waals surface area (Å²) in [5, 5.41) is 8.36. The third-order valence-electron chi connectivity index (χ3n) is 6.36. The van der Waals surface area contributed by atoms with E-state index in [1.165, 1.54) is 6.42 Å². The van der Waals surface area contributed by atoms with Gasteiger partial charge in [-0.3, -0.25) is 5.43 Å². The molecule has 1 fully saturated rings. The number of carbonyl (C=O) groups excluding carboxylic acids is 1. The van der Waals surface area contributed by atoms with E-state index in [4.69, 9.17) is 9.84 Å². The van der Waals surface area contributed by atoms with Gasteiger partial charge in [-0.25, -0.2) is 14.8 Å². The number of piperidine rings is 1. The predicted octanol–water partition coefficient (Wildman–Crippen LogP) is 5.18. The Labute approximate surface area is 200 Å². The summed E-state index contributed by atoms with van der Waals surface area (Å²) >= 11 is 0. The number of hydrogen-bond acceptors (Lipinski definition) is 4. The molecule has 2 aliphatic heterocycles. The van der Waals surface area contributed by atoms with Gasteiger partial charge in [0, 0.05) is 19.0 Å². The number of hydrazone groups is 1. The molecule has 2 aliphatic rings. The summed E-state index contributed by atoms with van der Waals surface area (Å²) in [7, 11) is 0. The summed E-state index contributed by atoms with van der Waals surface area (Å²) in [6.45, 7) is 2.83. The normalized spacial score (nSPS) is 18.4. The maximum absolute atomic E-state index is 13.0. The highest BCUT2D eigenvalue weighted by atomic mass is 16.5. The van der Waals surface area contributed by atoms with Crippen LogP contribution in [0.2, 0.25) is 0 Å². The van der Waals surface area contributed by atoms with Gasteiger partial charge in [0.2, 0.25) is 0 Å². The molecule has 174 valence electrons. The van der Waals surface area contributed by atoms with E-state index >= 15 is 0 Å². The van der Waals surface area contributed by atoms with Crippen molar-refractivity contribution in [2.24, 2.45) is 5.10 Å². The van der Waals surface area contributed by atoms with E-state index in [1.807, 2.05) is 65.7 Å². The lowest BCUT2D eigenvalue weighted by molar-refractivity contribution is 0.133. The standard InChI is InChI=1S/C28H30N4O2/c33-28(30-31-18-8-3-9-19-31)32-20-26(23-12-6-2-7-13-23)27(29-32)24-14-16-25(17-15-24)34-21-22-10-4-1-5-11-22/h1-2,4-7,10-17,26H,3,8-9,18-21H2,(H,30,33). The second-order valence-corrected chi connectivity index (χ2v) is 8.79. The van der Waals surface area contributed by atoms with Gasteiger partial charge in [0.1, 0.15) is 12.4 Å². The van der Waals surface area contributed by atoms with Crippen LogP contribution in [-0.2, 0) is 6.61 Å². The number of hydrazine groups is 1. The predicted molar refractivity (Wildman–Crippen MR) is 134 cm³/mol. The first-order chi connectivity index (χ1) is 16.8. The topological polar surface area (TPSA) is 57.2 Å². The molecule has 0 saturated carbocycles. The number of amides is 2. The summed E-state index contributed by atoms with van der Waals surface area (Å²) in [4.78, 5) is 13.0. The molecule has 5 rings (SSSR count). The van der Waals surface area contributed by atoms with Crippen molar-refractivity contribution in [3.8, 4) is 5.75 Å². The first-order valence-corrected chi connectivity index (χ1v) is 12.0. The summed E-state index contributed by atoms with van der Waals surface area (Å²) in [6.07, 6.45) is 3.44. The molecule has 0 aromatic heterocycles. The van der Waals surface area contributed by atoms with Crippen molar-refractivity contribution in [1.29, 1.82) is 0 Å². The van der Waals surface area contributed by atoms with Gasteiger partial charge in [-0.2, -0.15) is 5.10 Å². The summed E-state index contributed by atoms with van der Waals surface area (Å²) in [5.41, 5.74) is 7.21. The van der Waals surface area contributed by atoms with Gasteiger partial charge >= 0.3 is 6.03 Å². The first-order valence-electron chi connectivity index (χ1n) is 12.0. The van der Waals surface area contributed by atoms with Gasteiger partial charge in [0.15, 0.2) is 0 Å². The van der Waals surface area contributed by atoms with Gasteiger partial charge in [0.05, 0.1) is 12.3 Å². The van der Waals surface area contributed by atoms with Crippen LogP contribution < -0.4 is 10.2 Å². The van der Waals surface area contributed by atoms with Gasteiger partial charge in [-0.15, -0.1) is 0 Å². The van der Waals surface area contributed by atoms with Crippen LogP contribution in [-0.4, -0.2) is 41.4 Å². The van der Waals surface area contributed by atoms with Crippen LogP contribution in [0.15, 0.2) is 90.0 Å². The SMILES string of the molecule is O=C(NN1CCCCC1)N1CC(c2ccccc2)C(c2ccc(OCc3ccccc3)cc2)=N1. The van der Waals surface area contributed by atoms with Gasteiger partial charge in [0.25, 0.3) is 0 Å². The molecule has 1 N–H and O–H groups in total. The van der Waals surface area contributed by atoms with Crippen molar-refractivity contribution in [2.75, 3.05) is 19.6 Å². The highest BCUT2D eigenvalue weighted by Gasteiger charge is 2.33. The third kappa shape index (κ3) is 5.29. The third-order valence-corrected chi connectivity index (χ3v) is 6.36. The van der Waals surface area contributed by atoms with Crippen molar-refractivity contribution in [2.45, 2.75) is 31.8 Å². The fourth-order valence-corrected chi connectivity index (χ4v) is 4.50. The minimum atomic E-state index is -0.166. The van der Waals surface area contributed by atoms with Crippen LogP contribution in [0.3, 0.4) is 0 Å². The lowest BCUT2D eigenvalue weighted by atomic mass is 9.90. The largest absolute Gasteiger partial charge is 0.489 e. The molecule has 1 unspecified atom stereocenters. The Morgan fingerprint density at radius 2 is 1.56 bits per heavy atom. The first kappa shape index (κ1) is 22.2. The number of urea groups is 1. The molecule has 3 aromatic rings. The Morgan fingerprint density at radius 1 is 0.882 bits per heavy atom. The van der Waals surface area contributed by atoms with Crippen LogP contribution in [0.25, 0.3) is 0 Å². The number of rotatable bonds is 6. The molecule has 3 aromatic carbocycles. The minimum Gasteiger partial charge on any atom is -0.489 e. The molecule has 1 saturated heterocycles. The molecule has 0 spiro atoms. The molecule has 0 bridgehead atoms. The zero-order valence-electron chi connectivity index (χ0n) is 19.3. The maximum atomic E-state index is 13.0. The number of carbonyl (C=O) groups is 1. The Morgan fingerprint density at radius 3 is 2.26 bits per heavy atom. The zero-order chi connectivity index (χ0) is 23.2. The summed E-state index contributed by atoms with van der Waals surface area (Å²) in [6, 6.07) is 28.2. The molecule has 6 heteroatoms. The number of nitrogens with zero attached hydrogens (tertiary/aromatic N) is 3. The van der Waals surface area contributed by atoms with E-state index in [9.17, 15) is 4.79 Å². The number of benzene rings is 3. The maximum Gasteiger partial charge on any atom is 0.352 e. The Kier molecular flexibility index (Phi) is 6.86. The van der Waals surface area contributed by atoms with Crippen LogP contribution in [0.5, 0.6) is 5.75 Å². The lowest BCUT2D eigenvalue weighted by Gasteiger charge is -2.28. The molecule has 0 radical (unpaired) electrons. The summed E-state index contributed by atoms with van der Waals surface area (Å²) < 4.78 is 5.95.